The van der Waals surface area contributed by atoms with E-state index in [9.17, 15) is 9.90 Å². The standard InChI is InChI=1S/C13H19NO3/c1-8(2)10-5-3-9(4-6-10)7-11(14)12(15)13(16)17/h3-6,8,11-12,15H,7,14H2,1-2H3,(H,16,17). The highest BCUT2D eigenvalue weighted by Gasteiger charge is 2.22. The lowest BCUT2D eigenvalue weighted by atomic mass is 9.98. The van der Waals surface area contributed by atoms with Crippen LogP contribution in [0.1, 0.15) is 30.9 Å². The van der Waals surface area contributed by atoms with Crippen molar-refractivity contribution in [2.24, 2.45) is 5.73 Å². The van der Waals surface area contributed by atoms with Gasteiger partial charge in [0, 0.05) is 6.04 Å². The van der Waals surface area contributed by atoms with Gasteiger partial charge in [0.1, 0.15) is 0 Å². The number of hydrogen-bond donors (Lipinski definition) is 3. The summed E-state index contributed by atoms with van der Waals surface area (Å²) < 4.78 is 0. The summed E-state index contributed by atoms with van der Waals surface area (Å²) in [7, 11) is 0. The van der Waals surface area contributed by atoms with E-state index in [0.717, 1.165) is 5.56 Å². The predicted octanol–water partition coefficient (Wildman–Crippen LogP) is 1.13. The van der Waals surface area contributed by atoms with Crippen molar-refractivity contribution in [1.29, 1.82) is 0 Å². The van der Waals surface area contributed by atoms with Crippen molar-refractivity contribution in [2.45, 2.75) is 38.3 Å². The van der Waals surface area contributed by atoms with E-state index in [0.29, 0.717) is 12.3 Å². The van der Waals surface area contributed by atoms with Crippen LogP contribution in [0.2, 0.25) is 0 Å². The van der Waals surface area contributed by atoms with E-state index in [-0.39, 0.29) is 0 Å². The fourth-order valence-electron chi connectivity index (χ4n) is 1.61. The monoisotopic (exact) mass is 237 g/mol. The summed E-state index contributed by atoms with van der Waals surface area (Å²) in [6.07, 6.45) is -1.16. The van der Waals surface area contributed by atoms with Crippen LogP contribution < -0.4 is 5.73 Å². The number of aliphatic carboxylic acids is 1. The van der Waals surface area contributed by atoms with Crippen molar-refractivity contribution in [1.82, 2.24) is 0 Å². The van der Waals surface area contributed by atoms with Gasteiger partial charge in [-0.3, -0.25) is 0 Å². The molecule has 4 heteroatoms. The minimum absolute atomic E-state index is 0.353. The van der Waals surface area contributed by atoms with E-state index >= 15 is 0 Å². The Morgan fingerprint density at radius 1 is 1.29 bits per heavy atom. The minimum Gasteiger partial charge on any atom is -0.479 e. The van der Waals surface area contributed by atoms with Crippen LogP contribution in [0.3, 0.4) is 0 Å². The van der Waals surface area contributed by atoms with Crippen LogP contribution in [-0.4, -0.2) is 28.3 Å². The lowest BCUT2D eigenvalue weighted by Gasteiger charge is -2.15. The Kier molecular flexibility index (Phi) is 4.66. The van der Waals surface area contributed by atoms with Gasteiger partial charge in [-0.25, -0.2) is 4.79 Å². The van der Waals surface area contributed by atoms with Crippen molar-refractivity contribution in [3.8, 4) is 0 Å². The van der Waals surface area contributed by atoms with E-state index < -0.39 is 18.1 Å². The molecule has 0 aliphatic rings. The van der Waals surface area contributed by atoms with Gasteiger partial charge in [-0.05, 0) is 23.5 Å². The number of aliphatic hydroxyl groups is 1. The molecule has 2 atom stereocenters. The summed E-state index contributed by atoms with van der Waals surface area (Å²) in [6, 6.07) is 7.06. The molecule has 0 aliphatic heterocycles. The summed E-state index contributed by atoms with van der Waals surface area (Å²) >= 11 is 0. The van der Waals surface area contributed by atoms with Crippen LogP contribution in [0, 0.1) is 0 Å². The number of benzene rings is 1. The molecule has 0 radical (unpaired) electrons. The van der Waals surface area contributed by atoms with Gasteiger partial charge in [-0.2, -0.15) is 0 Å². The Labute approximate surface area is 101 Å². The number of carboxylic acid groups (broad SMARTS) is 1. The number of nitrogens with two attached hydrogens (primary N) is 1. The molecule has 1 rings (SSSR count). The largest absolute Gasteiger partial charge is 0.479 e. The van der Waals surface area contributed by atoms with Gasteiger partial charge in [0.15, 0.2) is 6.10 Å². The molecule has 4 N–H and O–H groups in total. The molecule has 0 saturated carbocycles. The zero-order valence-corrected chi connectivity index (χ0v) is 10.1. The molecular weight excluding hydrogens is 218 g/mol. The summed E-state index contributed by atoms with van der Waals surface area (Å²) in [5, 5.41) is 17.9. The molecule has 0 bridgehead atoms. The molecular formula is C13H19NO3. The summed E-state index contributed by atoms with van der Waals surface area (Å²) in [4.78, 5) is 10.5. The van der Waals surface area contributed by atoms with Gasteiger partial charge in [-0.1, -0.05) is 38.1 Å². The molecule has 0 aromatic heterocycles. The zero-order valence-electron chi connectivity index (χ0n) is 10.1. The first-order chi connectivity index (χ1) is 7.91. The smallest absolute Gasteiger partial charge is 0.334 e. The summed E-state index contributed by atoms with van der Waals surface area (Å²) in [5.41, 5.74) is 7.77. The minimum atomic E-state index is -1.51. The second-order valence-corrected chi connectivity index (χ2v) is 4.55. The van der Waals surface area contributed by atoms with Gasteiger partial charge < -0.3 is 15.9 Å². The molecule has 17 heavy (non-hydrogen) atoms. The van der Waals surface area contributed by atoms with Crippen LogP contribution in [0.5, 0.6) is 0 Å². The van der Waals surface area contributed by atoms with E-state index in [1.54, 1.807) is 0 Å². The first kappa shape index (κ1) is 13.7. The lowest BCUT2D eigenvalue weighted by molar-refractivity contribution is -0.147. The van der Waals surface area contributed by atoms with Gasteiger partial charge in [-0.15, -0.1) is 0 Å². The first-order valence-corrected chi connectivity index (χ1v) is 5.67. The molecule has 2 unspecified atom stereocenters. The van der Waals surface area contributed by atoms with Gasteiger partial charge in [0.2, 0.25) is 0 Å². The number of hydrogen-bond acceptors (Lipinski definition) is 3. The van der Waals surface area contributed by atoms with Crippen molar-refractivity contribution < 1.29 is 15.0 Å². The molecule has 1 aromatic rings. The maximum atomic E-state index is 10.5. The zero-order chi connectivity index (χ0) is 13.0. The Morgan fingerprint density at radius 2 is 1.82 bits per heavy atom. The van der Waals surface area contributed by atoms with Crippen molar-refractivity contribution >= 4 is 5.97 Å². The third kappa shape index (κ3) is 3.84. The second kappa shape index (κ2) is 5.80. The van der Waals surface area contributed by atoms with Crippen LogP contribution in [-0.2, 0) is 11.2 Å². The second-order valence-electron chi connectivity index (χ2n) is 4.55. The van der Waals surface area contributed by atoms with E-state index in [1.807, 2.05) is 24.3 Å². The highest BCUT2D eigenvalue weighted by Crippen LogP contribution is 2.15. The Morgan fingerprint density at radius 3 is 2.24 bits per heavy atom. The van der Waals surface area contributed by atoms with Gasteiger partial charge in [0.05, 0.1) is 0 Å². The predicted molar refractivity (Wildman–Crippen MR) is 65.9 cm³/mol. The summed E-state index contributed by atoms with van der Waals surface area (Å²) in [5.74, 6) is -0.821. The molecule has 0 aliphatic carbocycles. The maximum absolute atomic E-state index is 10.5. The normalized spacial score (nSPS) is 14.6. The summed E-state index contributed by atoms with van der Waals surface area (Å²) in [6.45, 7) is 4.21. The third-order valence-electron chi connectivity index (χ3n) is 2.78. The first-order valence-electron chi connectivity index (χ1n) is 5.67. The number of carboxylic acids is 1. The SMILES string of the molecule is CC(C)c1ccc(CC(N)C(O)C(=O)O)cc1. The molecule has 0 heterocycles. The van der Waals surface area contributed by atoms with Gasteiger partial charge >= 0.3 is 5.97 Å². The van der Waals surface area contributed by atoms with E-state index in [2.05, 4.69) is 13.8 Å². The third-order valence-corrected chi connectivity index (χ3v) is 2.78. The Balaban J connectivity index is 2.66. The molecule has 1 aromatic carbocycles. The molecule has 0 amide bonds. The molecule has 0 fully saturated rings. The van der Waals surface area contributed by atoms with E-state index in [1.165, 1.54) is 5.56 Å². The highest BCUT2D eigenvalue weighted by atomic mass is 16.4. The van der Waals surface area contributed by atoms with Crippen LogP contribution in [0.15, 0.2) is 24.3 Å². The lowest BCUT2D eigenvalue weighted by Crippen LogP contribution is -2.41. The fourth-order valence-corrected chi connectivity index (χ4v) is 1.61. The quantitative estimate of drug-likeness (QED) is 0.716. The Hall–Kier alpha value is -1.39. The van der Waals surface area contributed by atoms with Crippen LogP contribution in [0.4, 0.5) is 0 Å². The van der Waals surface area contributed by atoms with Gasteiger partial charge in [0.25, 0.3) is 0 Å². The Bertz CT molecular complexity index is 373. The molecule has 0 saturated heterocycles. The van der Waals surface area contributed by atoms with E-state index in [4.69, 9.17) is 10.8 Å². The topological polar surface area (TPSA) is 83.5 Å². The number of carbonyl (C=O) groups is 1. The fraction of sp³-hybridized carbons (Fsp3) is 0.462. The maximum Gasteiger partial charge on any atom is 0.334 e. The van der Waals surface area contributed by atoms with Crippen molar-refractivity contribution in [3.63, 3.8) is 0 Å². The van der Waals surface area contributed by atoms with Crippen LogP contribution in [0.25, 0.3) is 0 Å². The van der Waals surface area contributed by atoms with Crippen molar-refractivity contribution in [3.05, 3.63) is 35.4 Å². The van der Waals surface area contributed by atoms with Crippen molar-refractivity contribution in [2.75, 3.05) is 0 Å². The average molecular weight is 237 g/mol. The average Bonchev–Trinajstić information content (AvgIpc) is 2.28. The highest BCUT2D eigenvalue weighted by molar-refractivity contribution is 5.72. The number of aliphatic hydroxyl groups excluding tert-OH is 1. The molecule has 0 spiro atoms. The number of rotatable bonds is 5. The van der Waals surface area contributed by atoms with Crippen LogP contribution >= 0.6 is 0 Å². The molecule has 94 valence electrons. The molecule has 4 nitrogen and oxygen atoms in total.